The zero-order chi connectivity index (χ0) is 13.7. The number of pyridine rings is 1. The fourth-order valence-electron chi connectivity index (χ4n) is 1.48. The molecule has 4 nitrogen and oxygen atoms in total. The monoisotopic (exact) mass is 265 g/mol. The second-order valence-corrected chi connectivity index (χ2v) is 4.78. The largest absolute Gasteiger partial charge is 0.341 e. The highest BCUT2D eigenvalue weighted by molar-refractivity contribution is 6.29. The molecule has 0 saturated carbocycles. The minimum absolute atomic E-state index is 0.142. The number of carbonyl (C=O) groups is 1. The van der Waals surface area contributed by atoms with Gasteiger partial charge in [-0.05, 0) is 18.1 Å². The van der Waals surface area contributed by atoms with Crippen LogP contribution in [0.5, 0.6) is 0 Å². The van der Waals surface area contributed by atoms with Gasteiger partial charge in [0.15, 0.2) is 0 Å². The highest BCUT2D eigenvalue weighted by Gasteiger charge is 2.14. The summed E-state index contributed by atoms with van der Waals surface area (Å²) in [7, 11) is 1.67. The van der Waals surface area contributed by atoms with Crippen LogP contribution in [0.3, 0.4) is 0 Å². The van der Waals surface area contributed by atoms with Crippen LogP contribution in [-0.4, -0.2) is 29.4 Å². The zero-order valence-electron chi connectivity index (χ0n) is 10.8. The van der Waals surface area contributed by atoms with Gasteiger partial charge in [-0.15, -0.1) is 0 Å². The van der Waals surface area contributed by atoms with Crippen LogP contribution in [0.15, 0.2) is 12.1 Å². The summed E-state index contributed by atoms with van der Waals surface area (Å²) in [5, 5.41) is 8.83. The molecule has 0 aliphatic rings. The van der Waals surface area contributed by atoms with Crippen LogP contribution >= 0.6 is 11.6 Å². The van der Waals surface area contributed by atoms with Crippen molar-refractivity contribution in [2.24, 2.45) is 0 Å². The first kappa shape index (κ1) is 14.5. The summed E-state index contributed by atoms with van der Waals surface area (Å²) < 4.78 is 0. The number of amides is 1. The van der Waals surface area contributed by atoms with Crippen molar-refractivity contribution < 1.29 is 4.79 Å². The Morgan fingerprint density at radius 2 is 2.22 bits per heavy atom. The van der Waals surface area contributed by atoms with E-state index in [9.17, 15) is 4.79 Å². The molecule has 0 unspecified atom stereocenters. The third-order valence-corrected chi connectivity index (χ3v) is 2.75. The Morgan fingerprint density at radius 3 is 2.78 bits per heavy atom. The Bertz CT molecular complexity index is 480. The van der Waals surface area contributed by atoms with E-state index < -0.39 is 0 Å². The number of hydrogen-bond acceptors (Lipinski definition) is 3. The maximum absolute atomic E-state index is 12.1. The quantitative estimate of drug-likeness (QED) is 0.787. The molecule has 5 heteroatoms. The van der Waals surface area contributed by atoms with E-state index in [0.717, 1.165) is 5.69 Å². The zero-order valence-corrected chi connectivity index (χ0v) is 11.5. The molecule has 0 aromatic carbocycles. The Kier molecular flexibility index (Phi) is 5.11. The van der Waals surface area contributed by atoms with E-state index in [2.05, 4.69) is 4.98 Å². The summed E-state index contributed by atoms with van der Waals surface area (Å²) in [4.78, 5) is 17.8. The number of halogens is 1. The van der Waals surface area contributed by atoms with Gasteiger partial charge in [-0.25, -0.2) is 4.98 Å². The summed E-state index contributed by atoms with van der Waals surface area (Å²) in [6.07, 6.45) is 0.318. The lowest BCUT2D eigenvalue weighted by atomic mass is 10.1. The van der Waals surface area contributed by atoms with Gasteiger partial charge in [-0.3, -0.25) is 4.79 Å². The van der Waals surface area contributed by atoms with Crippen LogP contribution in [0.1, 0.15) is 42.2 Å². The van der Waals surface area contributed by atoms with Crippen LogP contribution in [0.25, 0.3) is 0 Å². The minimum Gasteiger partial charge on any atom is -0.341 e. The van der Waals surface area contributed by atoms with Gasteiger partial charge in [0.2, 0.25) is 0 Å². The lowest BCUT2D eigenvalue weighted by molar-refractivity contribution is 0.0797. The standard InChI is InChI=1S/C13H16ClN3O/c1-9(2)11-7-10(8-12(14)16-11)13(18)17(3)6-4-5-15/h7-9H,4,6H2,1-3H3. The lowest BCUT2D eigenvalue weighted by Crippen LogP contribution is -2.27. The molecule has 18 heavy (non-hydrogen) atoms. The third kappa shape index (κ3) is 3.71. The first-order valence-electron chi connectivity index (χ1n) is 5.75. The lowest BCUT2D eigenvalue weighted by Gasteiger charge is -2.16. The second kappa shape index (κ2) is 6.36. The van der Waals surface area contributed by atoms with Gasteiger partial charge < -0.3 is 4.90 Å². The molecular formula is C13H16ClN3O. The van der Waals surface area contributed by atoms with Crippen LogP contribution in [-0.2, 0) is 0 Å². The molecule has 1 amide bonds. The summed E-state index contributed by atoms with van der Waals surface area (Å²) >= 11 is 5.91. The summed E-state index contributed by atoms with van der Waals surface area (Å²) in [5.41, 5.74) is 1.30. The van der Waals surface area contributed by atoms with Crippen molar-refractivity contribution in [2.45, 2.75) is 26.2 Å². The van der Waals surface area contributed by atoms with E-state index in [1.54, 1.807) is 19.2 Å². The first-order valence-corrected chi connectivity index (χ1v) is 6.13. The van der Waals surface area contributed by atoms with Crippen molar-refractivity contribution in [3.8, 4) is 6.07 Å². The van der Waals surface area contributed by atoms with Gasteiger partial charge >= 0.3 is 0 Å². The molecule has 1 rings (SSSR count). The number of nitrogens with zero attached hydrogens (tertiary/aromatic N) is 3. The smallest absolute Gasteiger partial charge is 0.253 e. The van der Waals surface area contributed by atoms with Gasteiger partial charge in [0.1, 0.15) is 5.15 Å². The molecule has 1 heterocycles. The molecule has 0 aliphatic carbocycles. The Hall–Kier alpha value is -1.60. The Morgan fingerprint density at radius 1 is 1.56 bits per heavy atom. The van der Waals surface area contributed by atoms with E-state index in [1.165, 1.54) is 4.90 Å². The normalized spacial score (nSPS) is 10.2. The number of rotatable bonds is 4. The molecule has 1 aromatic heterocycles. The Balaban J connectivity index is 2.95. The van der Waals surface area contributed by atoms with Gasteiger partial charge in [0.25, 0.3) is 5.91 Å². The minimum atomic E-state index is -0.142. The molecule has 0 bridgehead atoms. The topological polar surface area (TPSA) is 57.0 Å². The number of hydrogen-bond donors (Lipinski definition) is 0. The molecule has 0 N–H and O–H groups in total. The van der Waals surface area contributed by atoms with E-state index in [0.29, 0.717) is 23.7 Å². The fraction of sp³-hybridized carbons (Fsp3) is 0.462. The highest BCUT2D eigenvalue weighted by atomic mass is 35.5. The van der Waals surface area contributed by atoms with Crippen molar-refractivity contribution in [2.75, 3.05) is 13.6 Å². The molecule has 0 radical (unpaired) electrons. The van der Waals surface area contributed by atoms with Crippen LogP contribution in [0.4, 0.5) is 0 Å². The average molecular weight is 266 g/mol. The van der Waals surface area contributed by atoms with Gasteiger partial charge in [-0.2, -0.15) is 5.26 Å². The van der Waals surface area contributed by atoms with Crippen molar-refractivity contribution in [3.05, 3.63) is 28.5 Å². The summed E-state index contributed by atoms with van der Waals surface area (Å²) in [5.74, 6) is 0.0658. The van der Waals surface area contributed by atoms with Crippen molar-refractivity contribution >= 4 is 17.5 Å². The van der Waals surface area contributed by atoms with Crippen LogP contribution < -0.4 is 0 Å². The summed E-state index contributed by atoms with van der Waals surface area (Å²) in [6.45, 7) is 4.39. The number of carbonyl (C=O) groups excluding carboxylic acids is 1. The van der Waals surface area contributed by atoms with E-state index in [1.807, 2.05) is 19.9 Å². The predicted molar refractivity (Wildman–Crippen MR) is 70.5 cm³/mol. The molecule has 0 atom stereocenters. The molecule has 96 valence electrons. The predicted octanol–water partition coefficient (Wildman–Crippen LogP) is 2.84. The second-order valence-electron chi connectivity index (χ2n) is 4.39. The SMILES string of the molecule is CC(C)c1cc(C(=O)N(C)CCC#N)cc(Cl)n1. The van der Waals surface area contributed by atoms with E-state index >= 15 is 0 Å². The third-order valence-electron chi connectivity index (χ3n) is 2.56. The number of aromatic nitrogens is 1. The molecule has 1 aromatic rings. The summed E-state index contributed by atoms with van der Waals surface area (Å²) in [6, 6.07) is 5.32. The number of nitriles is 1. The van der Waals surface area contributed by atoms with Gasteiger partial charge in [0, 0.05) is 24.8 Å². The first-order chi connectivity index (χ1) is 8.45. The molecule has 0 aliphatic heterocycles. The van der Waals surface area contributed by atoms with Crippen LogP contribution in [0.2, 0.25) is 5.15 Å². The van der Waals surface area contributed by atoms with E-state index in [-0.39, 0.29) is 11.8 Å². The van der Waals surface area contributed by atoms with Crippen molar-refractivity contribution in [3.63, 3.8) is 0 Å². The highest BCUT2D eigenvalue weighted by Crippen LogP contribution is 2.18. The van der Waals surface area contributed by atoms with Crippen molar-refractivity contribution in [1.29, 1.82) is 5.26 Å². The van der Waals surface area contributed by atoms with Gasteiger partial charge in [-0.1, -0.05) is 25.4 Å². The van der Waals surface area contributed by atoms with E-state index in [4.69, 9.17) is 16.9 Å². The maximum Gasteiger partial charge on any atom is 0.253 e. The van der Waals surface area contributed by atoms with Gasteiger partial charge in [0.05, 0.1) is 12.5 Å². The molecule has 0 saturated heterocycles. The Labute approximate surface area is 112 Å². The average Bonchev–Trinajstić information content (AvgIpc) is 2.34. The molecular weight excluding hydrogens is 250 g/mol. The fourth-order valence-corrected chi connectivity index (χ4v) is 1.69. The van der Waals surface area contributed by atoms with Crippen LogP contribution in [0, 0.1) is 11.3 Å². The maximum atomic E-state index is 12.1. The molecule has 0 fully saturated rings. The molecule has 0 spiro atoms. The van der Waals surface area contributed by atoms with Crippen molar-refractivity contribution in [1.82, 2.24) is 9.88 Å².